The molecule has 2 aromatic heterocycles. The number of hydrogen-bond acceptors (Lipinski definition) is 2. The van der Waals surface area contributed by atoms with Gasteiger partial charge in [0, 0.05) is 38.7 Å². The summed E-state index contributed by atoms with van der Waals surface area (Å²) in [5.41, 5.74) is 14.5. The summed E-state index contributed by atoms with van der Waals surface area (Å²) in [6.45, 7) is 6.50. The molecular weight excluding hydrogens is 558 g/mol. The number of hydrogen-bond donors (Lipinski definition) is 0. The first-order valence-corrected chi connectivity index (χ1v) is 15.8. The maximum atomic E-state index is 5.22. The zero-order valence-electron chi connectivity index (χ0n) is 26.2. The predicted molar refractivity (Wildman–Crippen MR) is 192 cm³/mol. The molecule has 3 nitrogen and oxygen atoms in total. The van der Waals surface area contributed by atoms with Crippen LogP contribution in [0.5, 0.6) is 0 Å². The summed E-state index contributed by atoms with van der Waals surface area (Å²) in [6.07, 6.45) is 0. The Hall–Kier alpha value is -5.80. The molecule has 0 bridgehead atoms. The van der Waals surface area contributed by atoms with Crippen molar-refractivity contribution in [3.8, 4) is 50.7 Å². The summed E-state index contributed by atoms with van der Waals surface area (Å²) in [4.78, 5) is 10.3. The topological polar surface area (TPSA) is 30.7 Å². The Morgan fingerprint density at radius 3 is 1.72 bits per heavy atom. The smallest absolute Gasteiger partial charge is 0.160 e. The second kappa shape index (κ2) is 11.3. The van der Waals surface area contributed by atoms with Crippen LogP contribution in [0, 0.1) is 20.8 Å². The van der Waals surface area contributed by atoms with Crippen LogP contribution in [0.15, 0.2) is 146 Å². The highest BCUT2D eigenvalue weighted by molar-refractivity contribution is 6.09. The summed E-state index contributed by atoms with van der Waals surface area (Å²) >= 11 is 0. The molecule has 0 spiro atoms. The fraction of sp³-hybridized carbons (Fsp3) is 0.0698. The van der Waals surface area contributed by atoms with E-state index in [1.807, 2.05) is 24.3 Å². The maximum Gasteiger partial charge on any atom is 0.160 e. The van der Waals surface area contributed by atoms with Crippen LogP contribution in [0.2, 0.25) is 0 Å². The molecule has 8 rings (SSSR count). The van der Waals surface area contributed by atoms with Gasteiger partial charge in [-0.15, -0.1) is 0 Å². The van der Waals surface area contributed by atoms with Gasteiger partial charge in [-0.25, -0.2) is 9.97 Å². The summed E-state index contributed by atoms with van der Waals surface area (Å²) in [7, 11) is 0. The van der Waals surface area contributed by atoms with Crippen LogP contribution < -0.4 is 0 Å². The molecule has 0 atom stereocenters. The van der Waals surface area contributed by atoms with Gasteiger partial charge in [-0.05, 0) is 73.4 Å². The average molecular weight is 592 g/mol. The Morgan fingerprint density at radius 2 is 1.04 bits per heavy atom. The van der Waals surface area contributed by atoms with Crippen LogP contribution in [0.25, 0.3) is 72.5 Å². The average Bonchev–Trinajstić information content (AvgIpc) is 3.44. The summed E-state index contributed by atoms with van der Waals surface area (Å²) in [6, 6.07) is 51.7. The quantitative estimate of drug-likeness (QED) is 0.199. The van der Waals surface area contributed by atoms with Crippen molar-refractivity contribution in [3.63, 3.8) is 0 Å². The molecule has 8 aromatic rings. The van der Waals surface area contributed by atoms with E-state index in [0.29, 0.717) is 0 Å². The van der Waals surface area contributed by atoms with Crippen molar-refractivity contribution in [2.75, 3.05) is 0 Å². The molecule has 0 radical (unpaired) electrons. The van der Waals surface area contributed by atoms with Crippen LogP contribution in [0.3, 0.4) is 0 Å². The lowest BCUT2D eigenvalue weighted by molar-refractivity contribution is 1.14. The van der Waals surface area contributed by atoms with Crippen molar-refractivity contribution < 1.29 is 0 Å². The Balaban J connectivity index is 1.31. The zero-order chi connectivity index (χ0) is 31.2. The minimum absolute atomic E-state index is 0.731. The number of fused-ring (bicyclic) bond motifs is 3. The Morgan fingerprint density at radius 1 is 0.457 bits per heavy atom. The lowest BCUT2D eigenvalue weighted by Gasteiger charge is -2.17. The van der Waals surface area contributed by atoms with Crippen molar-refractivity contribution in [1.29, 1.82) is 0 Å². The first-order chi connectivity index (χ1) is 22.5. The zero-order valence-corrected chi connectivity index (χ0v) is 26.2. The van der Waals surface area contributed by atoms with Gasteiger partial charge in [0.2, 0.25) is 0 Å². The minimum Gasteiger partial charge on any atom is -0.309 e. The summed E-state index contributed by atoms with van der Waals surface area (Å²) < 4.78 is 2.39. The molecule has 0 N–H and O–H groups in total. The third-order valence-electron chi connectivity index (χ3n) is 8.95. The van der Waals surface area contributed by atoms with Gasteiger partial charge < -0.3 is 4.57 Å². The summed E-state index contributed by atoms with van der Waals surface area (Å²) in [5, 5.41) is 2.53. The van der Waals surface area contributed by atoms with Crippen LogP contribution in [0.1, 0.15) is 16.7 Å². The van der Waals surface area contributed by atoms with Gasteiger partial charge in [0.15, 0.2) is 5.82 Å². The largest absolute Gasteiger partial charge is 0.309 e. The molecule has 6 aromatic carbocycles. The van der Waals surface area contributed by atoms with E-state index in [1.165, 1.54) is 38.5 Å². The predicted octanol–water partition coefficient (Wildman–Crippen LogP) is 11.2. The Labute approximate surface area is 269 Å². The fourth-order valence-electron chi connectivity index (χ4n) is 6.69. The van der Waals surface area contributed by atoms with Gasteiger partial charge in [0.25, 0.3) is 0 Å². The van der Waals surface area contributed by atoms with E-state index >= 15 is 0 Å². The molecule has 0 saturated heterocycles. The highest BCUT2D eigenvalue weighted by Gasteiger charge is 2.18. The number of aromatic nitrogens is 3. The molecule has 0 amide bonds. The van der Waals surface area contributed by atoms with Gasteiger partial charge in [0.05, 0.1) is 22.4 Å². The van der Waals surface area contributed by atoms with Crippen molar-refractivity contribution in [2.24, 2.45) is 0 Å². The molecule has 46 heavy (non-hydrogen) atoms. The first-order valence-electron chi connectivity index (χ1n) is 15.8. The first kappa shape index (κ1) is 27.7. The van der Waals surface area contributed by atoms with Gasteiger partial charge in [-0.2, -0.15) is 0 Å². The number of benzene rings is 6. The second-order valence-corrected chi connectivity index (χ2v) is 12.1. The van der Waals surface area contributed by atoms with Crippen LogP contribution in [0.4, 0.5) is 0 Å². The van der Waals surface area contributed by atoms with Crippen molar-refractivity contribution in [1.82, 2.24) is 14.5 Å². The monoisotopic (exact) mass is 591 g/mol. The minimum atomic E-state index is 0.731. The summed E-state index contributed by atoms with van der Waals surface area (Å²) in [5.74, 6) is 0.731. The Kier molecular flexibility index (Phi) is 6.80. The van der Waals surface area contributed by atoms with Gasteiger partial charge in [-0.1, -0.05) is 115 Å². The van der Waals surface area contributed by atoms with Crippen molar-refractivity contribution in [2.45, 2.75) is 20.8 Å². The standard InChI is InChI=1S/C43H33N3/c1-28-24-34(26-35(25-28)46-39-20-12-10-18-36(39)37-19-11-13-21-40(37)46)33-23-22-29(2)38(27-33)42-30(3)41(31-14-6-4-7-15-31)44-43(45-42)32-16-8-5-9-17-32/h4-27H,1-3H3. The molecular formula is C43H33N3. The van der Waals surface area contributed by atoms with E-state index in [0.717, 1.165) is 50.7 Å². The van der Waals surface area contributed by atoms with Crippen molar-refractivity contribution >= 4 is 21.8 Å². The van der Waals surface area contributed by atoms with Crippen molar-refractivity contribution in [3.05, 3.63) is 162 Å². The molecule has 0 fully saturated rings. The third-order valence-corrected chi connectivity index (χ3v) is 8.95. The van der Waals surface area contributed by atoms with E-state index in [2.05, 4.69) is 147 Å². The Bertz CT molecular complexity index is 2330. The molecule has 0 aliphatic rings. The molecule has 220 valence electrons. The molecule has 3 heteroatoms. The molecule has 0 saturated carbocycles. The van der Waals surface area contributed by atoms with E-state index < -0.39 is 0 Å². The SMILES string of the molecule is Cc1cc(-c2ccc(C)c(-c3nc(-c4ccccc4)nc(-c4ccccc4)c3C)c2)cc(-n2c3ccccc3c3ccccc32)c1. The highest BCUT2D eigenvalue weighted by atomic mass is 15.0. The number of para-hydroxylation sites is 2. The molecule has 2 heterocycles. The van der Waals surface area contributed by atoms with Gasteiger partial charge >= 0.3 is 0 Å². The molecule has 0 aliphatic carbocycles. The van der Waals surface area contributed by atoms with E-state index in [4.69, 9.17) is 9.97 Å². The van der Waals surface area contributed by atoms with Gasteiger partial charge in [-0.3, -0.25) is 0 Å². The van der Waals surface area contributed by atoms with E-state index in [1.54, 1.807) is 0 Å². The number of rotatable bonds is 5. The highest BCUT2D eigenvalue weighted by Crippen LogP contribution is 2.37. The van der Waals surface area contributed by atoms with E-state index in [9.17, 15) is 0 Å². The second-order valence-electron chi connectivity index (χ2n) is 12.1. The lowest BCUT2D eigenvalue weighted by Crippen LogP contribution is -2.01. The number of aryl methyl sites for hydroxylation is 2. The third kappa shape index (κ3) is 4.78. The van der Waals surface area contributed by atoms with Crippen LogP contribution in [-0.2, 0) is 0 Å². The van der Waals surface area contributed by atoms with E-state index in [-0.39, 0.29) is 0 Å². The van der Waals surface area contributed by atoms with Gasteiger partial charge in [0.1, 0.15) is 0 Å². The number of nitrogens with zero attached hydrogens (tertiary/aromatic N) is 3. The fourth-order valence-corrected chi connectivity index (χ4v) is 6.69. The van der Waals surface area contributed by atoms with Crippen LogP contribution >= 0.6 is 0 Å². The van der Waals surface area contributed by atoms with Crippen LogP contribution in [-0.4, -0.2) is 14.5 Å². The lowest BCUT2D eigenvalue weighted by atomic mass is 9.93. The normalized spacial score (nSPS) is 11.4. The molecule has 0 aliphatic heterocycles. The maximum absolute atomic E-state index is 5.22. The molecule has 0 unspecified atom stereocenters.